The second kappa shape index (κ2) is 9.39. The maximum Gasteiger partial charge on any atom is 0.248 e. The molecule has 3 aromatic rings. The van der Waals surface area contributed by atoms with Gasteiger partial charge in [0.15, 0.2) is 0 Å². The van der Waals surface area contributed by atoms with Crippen LogP contribution in [0.4, 0.5) is 5.69 Å². The smallest absolute Gasteiger partial charge is 0.248 e. The highest BCUT2D eigenvalue weighted by Crippen LogP contribution is 2.19. The van der Waals surface area contributed by atoms with Crippen molar-refractivity contribution in [1.29, 1.82) is 0 Å². The minimum absolute atomic E-state index is 0.0208. The molecule has 0 saturated heterocycles. The van der Waals surface area contributed by atoms with Crippen molar-refractivity contribution in [1.82, 2.24) is 0 Å². The van der Waals surface area contributed by atoms with Crippen LogP contribution >= 0.6 is 0 Å². The van der Waals surface area contributed by atoms with Gasteiger partial charge in [-0.15, -0.1) is 0 Å². The molecule has 154 valence electrons. The molecule has 0 aromatic heterocycles. The molecule has 0 radical (unpaired) electrons. The van der Waals surface area contributed by atoms with E-state index in [-0.39, 0.29) is 4.90 Å². The zero-order chi connectivity index (χ0) is 21.6. The topological polar surface area (TPSA) is 98.5 Å². The predicted octanol–water partition coefficient (Wildman–Crippen LogP) is 3.87. The van der Waals surface area contributed by atoms with Crippen LogP contribution in [0.3, 0.4) is 0 Å². The van der Waals surface area contributed by atoms with Crippen LogP contribution in [0.15, 0.2) is 83.8 Å². The Kier molecular flexibility index (Phi) is 6.66. The maximum atomic E-state index is 12.2. The van der Waals surface area contributed by atoms with Crippen molar-refractivity contribution in [2.75, 3.05) is 5.32 Å². The van der Waals surface area contributed by atoms with Gasteiger partial charge in [-0.1, -0.05) is 48.5 Å². The van der Waals surface area contributed by atoms with Gasteiger partial charge in [0.2, 0.25) is 15.9 Å². The maximum absolute atomic E-state index is 12.2. The third-order valence-electron chi connectivity index (χ3n) is 4.30. The lowest BCUT2D eigenvalue weighted by Crippen LogP contribution is -2.15. The second-order valence-corrected chi connectivity index (χ2v) is 8.22. The second-order valence-electron chi connectivity index (χ2n) is 6.69. The fraction of sp³-hybridized carbons (Fsp3) is 0.0870. The van der Waals surface area contributed by atoms with Crippen molar-refractivity contribution >= 4 is 27.7 Å². The Labute approximate surface area is 176 Å². The van der Waals surface area contributed by atoms with Gasteiger partial charge in [-0.05, 0) is 54.0 Å². The molecule has 3 rings (SSSR count). The van der Waals surface area contributed by atoms with E-state index >= 15 is 0 Å². The Hall–Kier alpha value is -3.42. The van der Waals surface area contributed by atoms with Crippen molar-refractivity contribution in [3.63, 3.8) is 0 Å². The fourth-order valence-electron chi connectivity index (χ4n) is 2.79. The third kappa shape index (κ3) is 6.04. The molecule has 30 heavy (non-hydrogen) atoms. The molecule has 6 nitrogen and oxygen atoms in total. The molecule has 0 aliphatic carbocycles. The van der Waals surface area contributed by atoms with Crippen LogP contribution in [0.25, 0.3) is 6.08 Å². The first kappa shape index (κ1) is 21.3. The number of aryl methyl sites for hydroxylation is 1. The number of anilines is 1. The van der Waals surface area contributed by atoms with Crippen LogP contribution < -0.4 is 15.2 Å². The number of benzene rings is 3. The summed E-state index contributed by atoms with van der Waals surface area (Å²) in [6, 6.07) is 21.8. The van der Waals surface area contributed by atoms with E-state index in [0.717, 1.165) is 11.1 Å². The largest absolute Gasteiger partial charge is 0.489 e. The molecule has 0 atom stereocenters. The first-order valence-electron chi connectivity index (χ1n) is 9.20. The minimum atomic E-state index is -3.86. The molecular formula is C23H22N2O4S. The summed E-state index contributed by atoms with van der Waals surface area (Å²) >= 11 is 0. The molecule has 3 N–H and O–H groups in total. The Morgan fingerprint density at radius 3 is 2.53 bits per heavy atom. The summed E-state index contributed by atoms with van der Waals surface area (Å²) in [4.78, 5) is 12.2. The van der Waals surface area contributed by atoms with Crippen LogP contribution in [0.2, 0.25) is 0 Å². The predicted molar refractivity (Wildman–Crippen MR) is 117 cm³/mol. The lowest BCUT2D eigenvalue weighted by molar-refractivity contribution is -0.111. The summed E-state index contributed by atoms with van der Waals surface area (Å²) in [7, 11) is -3.86. The van der Waals surface area contributed by atoms with E-state index in [1.807, 2.05) is 54.6 Å². The van der Waals surface area contributed by atoms with E-state index < -0.39 is 15.9 Å². The Bertz CT molecular complexity index is 1170. The van der Waals surface area contributed by atoms with E-state index in [1.165, 1.54) is 12.1 Å². The summed E-state index contributed by atoms with van der Waals surface area (Å²) < 4.78 is 29.0. The molecule has 7 heteroatoms. The summed E-state index contributed by atoms with van der Waals surface area (Å²) in [6.45, 7) is 2.09. The molecule has 0 bridgehead atoms. The number of hydrogen-bond acceptors (Lipinski definition) is 4. The molecule has 0 unspecified atom stereocenters. The van der Waals surface area contributed by atoms with E-state index in [4.69, 9.17) is 9.88 Å². The number of nitrogens with two attached hydrogens (primary N) is 1. The fourth-order valence-corrected chi connectivity index (χ4v) is 3.60. The van der Waals surface area contributed by atoms with E-state index in [2.05, 4.69) is 5.32 Å². The van der Waals surface area contributed by atoms with Crippen molar-refractivity contribution in [3.05, 3.63) is 95.6 Å². The molecule has 0 heterocycles. The molecular weight excluding hydrogens is 400 g/mol. The normalized spacial score (nSPS) is 11.4. The first-order chi connectivity index (χ1) is 14.3. The highest BCUT2D eigenvalue weighted by atomic mass is 32.2. The highest BCUT2D eigenvalue weighted by molar-refractivity contribution is 7.89. The molecule has 0 spiro atoms. The molecule has 1 amide bonds. The van der Waals surface area contributed by atoms with Gasteiger partial charge in [0.1, 0.15) is 12.4 Å². The zero-order valence-corrected chi connectivity index (χ0v) is 17.2. The SMILES string of the molecule is Cc1ccc(NC(=O)/C=C/c2cccc(OCc3ccccc3)c2)cc1S(N)(=O)=O. The number of primary sulfonamides is 1. The van der Waals surface area contributed by atoms with Gasteiger partial charge < -0.3 is 10.1 Å². The van der Waals surface area contributed by atoms with Crippen molar-refractivity contribution in [2.24, 2.45) is 5.14 Å². The zero-order valence-electron chi connectivity index (χ0n) is 16.4. The Morgan fingerprint density at radius 2 is 1.80 bits per heavy atom. The quantitative estimate of drug-likeness (QED) is 0.565. The average Bonchev–Trinajstić information content (AvgIpc) is 2.72. The molecule has 0 fully saturated rings. The van der Waals surface area contributed by atoms with E-state index in [9.17, 15) is 13.2 Å². The van der Waals surface area contributed by atoms with E-state index in [1.54, 1.807) is 25.1 Å². The summed E-state index contributed by atoms with van der Waals surface area (Å²) in [6.07, 6.45) is 3.02. The molecule has 0 saturated carbocycles. The van der Waals surface area contributed by atoms with Crippen molar-refractivity contribution < 1.29 is 17.9 Å². The summed E-state index contributed by atoms with van der Waals surface area (Å²) in [5.74, 6) is 0.299. The molecule has 3 aromatic carbocycles. The van der Waals surface area contributed by atoms with Crippen molar-refractivity contribution in [3.8, 4) is 5.75 Å². The highest BCUT2D eigenvalue weighted by Gasteiger charge is 2.12. The number of amides is 1. The minimum Gasteiger partial charge on any atom is -0.489 e. The van der Waals surface area contributed by atoms with Gasteiger partial charge in [-0.25, -0.2) is 13.6 Å². The summed E-state index contributed by atoms with van der Waals surface area (Å²) in [5.41, 5.74) is 2.72. The van der Waals surface area contributed by atoms with Crippen LogP contribution in [0, 0.1) is 6.92 Å². The standard InChI is InChI=1S/C23H22N2O4S/c1-17-10-12-20(15-22(17)30(24,27)28)25-23(26)13-11-18-8-5-9-21(14-18)29-16-19-6-3-2-4-7-19/h2-15H,16H2,1H3,(H,25,26)(H2,24,27,28)/b13-11+. The first-order valence-corrected chi connectivity index (χ1v) is 10.8. The summed E-state index contributed by atoms with van der Waals surface area (Å²) in [5, 5.41) is 7.84. The number of sulfonamides is 1. The van der Waals surface area contributed by atoms with Gasteiger partial charge in [-0.2, -0.15) is 0 Å². The van der Waals surface area contributed by atoms with Crippen LogP contribution in [0.5, 0.6) is 5.75 Å². The molecule has 0 aliphatic rings. The lowest BCUT2D eigenvalue weighted by atomic mass is 10.2. The van der Waals surface area contributed by atoms with E-state index in [0.29, 0.717) is 23.6 Å². The van der Waals surface area contributed by atoms with Crippen LogP contribution in [0.1, 0.15) is 16.7 Å². The van der Waals surface area contributed by atoms with Gasteiger partial charge in [0.05, 0.1) is 4.90 Å². The van der Waals surface area contributed by atoms with Crippen LogP contribution in [-0.2, 0) is 21.4 Å². The van der Waals surface area contributed by atoms with Crippen molar-refractivity contribution in [2.45, 2.75) is 18.4 Å². The Morgan fingerprint density at radius 1 is 1.03 bits per heavy atom. The lowest BCUT2D eigenvalue weighted by Gasteiger charge is -2.08. The number of hydrogen-bond donors (Lipinski definition) is 2. The van der Waals surface area contributed by atoms with Gasteiger partial charge in [-0.3, -0.25) is 4.79 Å². The molecule has 0 aliphatic heterocycles. The number of rotatable bonds is 7. The average molecular weight is 423 g/mol. The Balaban J connectivity index is 1.64. The number of nitrogens with one attached hydrogen (secondary N) is 1. The van der Waals surface area contributed by atoms with Gasteiger partial charge in [0, 0.05) is 11.8 Å². The third-order valence-corrected chi connectivity index (χ3v) is 5.35. The van der Waals surface area contributed by atoms with Gasteiger partial charge in [0.25, 0.3) is 0 Å². The van der Waals surface area contributed by atoms with Crippen LogP contribution in [-0.4, -0.2) is 14.3 Å². The number of carbonyl (C=O) groups excluding carboxylic acids is 1. The number of ether oxygens (including phenoxy) is 1. The monoisotopic (exact) mass is 422 g/mol. The number of carbonyl (C=O) groups is 1. The van der Waals surface area contributed by atoms with Gasteiger partial charge >= 0.3 is 0 Å².